The SMILES string of the molecule is Cc1cc(C)cc(-n2nc(C(=O)O)c(Br)c2C(C)(C)C)c1. The van der Waals surface area contributed by atoms with Crippen molar-refractivity contribution in [3.8, 4) is 5.69 Å². The minimum Gasteiger partial charge on any atom is -0.476 e. The van der Waals surface area contributed by atoms with Crippen LogP contribution in [0.15, 0.2) is 22.7 Å². The number of carbonyl (C=O) groups is 1. The zero-order valence-electron chi connectivity index (χ0n) is 12.9. The summed E-state index contributed by atoms with van der Waals surface area (Å²) in [4.78, 5) is 11.4. The molecule has 0 aliphatic heterocycles. The van der Waals surface area contributed by atoms with E-state index >= 15 is 0 Å². The molecule has 0 atom stereocenters. The second kappa shape index (κ2) is 5.30. The molecule has 0 amide bonds. The zero-order valence-corrected chi connectivity index (χ0v) is 14.4. The Morgan fingerprint density at radius 3 is 2.14 bits per heavy atom. The van der Waals surface area contributed by atoms with Crippen LogP contribution in [-0.4, -0.2) is 20.9 Å². The van der Waals surface area contributed by atoms with Crippen molar-refractivity contribution in [2.45, 2.75) is 40.0 Å². The number of carboxylic acid groups (broad SMARTS) is 1. The van der Waals surface area contributed by atoms with Crippen LogP contribution < -0.4 is 0 Å². The average Bonchev–Trinajstić information content (AvgIpc) is 2.65. The molecule has 112 valence electrons. The van der Waals surface area contributed by atoms with Crippen LogP contribution >= 0.6 is 15.9 Å². The third-order valence-electron chi connectivity index (χ3n) is 3.19. The number of hydrogen-bond donors (Lipinski definition) is 1. The maximum Gasteiger partial charge on any atom is 0.357 e. The normalized spacial score (nSPS) is 11.7. The zero-order chi connectivity index (χ0) is 15.9. The number of hydrogen-bond acceptors (Lipinski definition) is 2. The Bertz CT molecular complexity index is 692. The first-order chi connectivity index (χ1) is 9.61. The van der Waals surface area contributed by atoms with Crippen LogP contribution in [0.3, 0.4) is 0 Å². The molecule has 1 N–H and O–H groups in total. The predicted octanol–water partition coefficient (Wildman–Crippen LogP) is 4.25. The molecule has 0 unspecified atom stereocenters. The van der Waals surface area contributed by atoms with Crippen molar-refractivity contribution in [2.24, 2.45) is 0 Å². The molecule has 0 saturated heterocycles. The molecular weight excluding hydrogens is 332 g/mol. The third-order valence-corrected chi connectivity index (χ3v) is 3.94. The average molecular weight is 351 g/mol. The summed E-state index contributed by atoms with van der Waals surface area (Å²) in [5.41, 5.74) is 3.77. The van der Waals surface area contributed by atoms with E-state index in [1.807, 2.05) is 46.8 Å². The molecule has 4 nitrogen and oxygen atoms in total. The Labute approximate surface area is 132 Å². The summed E-state index contributed by atoms with van der Waals surface area (Å²) in [6, 6.07) is 6.09. The predicted molar refractivity (Wildman–Crippen MR) is 86.4 cm³/mol. The van der Waals surface area contributed by atoms with E-state index < -0.39 is 5.97 Å². The third kappa shape index (κ3) is 3.02. The van der Waals surface area contributed by atoms with E-state index in [4.69, 9.17) is 0 Å². The fraction of sp³-hybridized carbons (Fsp3) is 0.375. The van der Waals surface area contributed by atoms with Crippen LogP contribution in [0, 0.1) is 13.8 Å². The molecule has 0 fully saturated rings. The Kier molecular flexibility index (Phi) is 3.97. The first kappa shape index (κ1) is 15.8. The van der Waals surface area contributed by atoms with Crippen molar-refractivity contribution in [3.63, 3.8) is 0 Å². The van der Waals surface area contributed by atoms with Gasteiger partial charge in [-0.2, -0.15) is 5.10 Å². The molecule has 0 aliphatic carbocycles. The second-order valence-electron chi connectivity index (χ2n) is 6.32. The fourth-order valence-electron chi connectivity index (χ4n) is 2.44. The van der Waals surface area contributed by atoms with Gasteiger partial charge in [0.1, 0.15) is 0 Å². The standard InChI is InChI=1S/C16H19BrN2O2/c1-9-6-10(2)8-11(7-9)19-14(16(3,4)5)12(17)13(18-19)15(20)21/h6-8H,1-5H3,(H,20,21). The molecule has 2 aromatic rings. The van der Waals surface area contributed by atoms with Gasteiger partial charge in [0, 0.05) is 5.41 Å². The number of benzene rings is 1. The van der Waals surface area contributed by atoms with Crippen LogP contribution in [-0.2, 0) is 5.41 Å². The molecule has 21 heavy (non-hydrogen) atoms. The molecule has 1 aromatic carbocycles. The van der Waals surface area contributed by atoms with Gasteiger partial charge in [-0.05, 0) is 53.0 Å². The van der Waals surface area contributed by atoms with Gasteiger partial charge in [0.2, 0.25) is 0 Å². The van der Waals surface area contributed by atoms with Crippen LogP contribution in [0.4, 0.5) is 0 Å². The summed E-state index contributed by atoms with van der Waals surface area (Å²) >= 11 is 3.41. The number of aromatic nitrogens is 2. The van der Waals surface area contributed by atoms with Gasteiger partial charge in [0.25, 0.3) is 0 Å². The summed E-state index contributed by atoms with van der Waals surface area (Å²) in [6.07, 6.45) is 0. The number of aromatic carboxylic acids is 1. The van der Waals surface area contributed by atoms with E-state index in [0.29, 0.717) is 4.47 Å². The van der Waals surface area contributed by atoms with Crippen LogP contribution in [0.25, 0.3) is 5.69 Å². The van der Waals surface area contributed by atoms with Gasteiger partial charge >= 0.3 is 5.97 Å². The highest BCUT2D eigenvalue weighted by atomic mass is 79.9. The highest BCUT2D eigenvalue weighted by Gasteiger charge is 2.29. The number of nitrogens with zero attached hydrogens (tertiary/aromatic N) is 2. The van der Waals surface area contributed by atoms with Crippen LogP contribution in [0.1, 0.15) is 48.1 Å². The number of carboxylic acids is 1. The Morgan fingerprint density at radius 2 is 1.71 bits per heavy atom. The summed E-state index contributed by atoms with van der Waals surface area (Å²) in [5, 5.41) is 13.6. The Morgan fingerprint density at radius 1 is 1.19 bits per heavy atom. The van der Waals surface area contributed by atoms with Gasteiger partial charge in [-0.15, -0.1) is 0 Å². The molecule has 0 bridgehead atoms. The van der Waals surface area contributed by atoms with Gasteiger partial charge in [0.15, 0.2) is 5.69 Å². The van der Waals surface area contributed by atoms with Crippen LogP contribution in [0.5, 0.6) is 0 Å². The minimum absolute atomic E-state index is 0.0408. The lowest BCUT2D eigenvalue weighted by Crippen LogP contribution is -2.18. The molecule has 1 heterocycles. The smallest absolute Gasteiger partial charge is 0.357 e. The first-order valence-electron chi connectivity index (χ1n) is 6.72. The molecule has 0 spiro atoms. The number of halogens is 1. The topological polar surface area (TPSA) is 55.1 Å². The second-order valence-corrected chi connectivity index (χ2v) is 7.12. The molecule has 0 aliphatic rings. The Balaban J connectivity index is 2.79. The summed E-state index contributed by atoms with van der Waals surface area (Å²) < 4.78 is 2.27. The first-order valence-corrected chi connectivity index (χ1v) is 7.51. The molecular formula is C16H19BrN2O2. The van der Waals surface area contributed by atoms with E-state index in [-0.39, 0.29) is 11.1 Å². The lowest BCUT2D eigenvalue weighted by Gasteiger charge is -2.21. The minimum atomic E-state index is -1.03. The van der Waals surface area contributed by atoms with Gasteiger partial charge in [-0.3, -0.25) is 0 Å². The van der Waals surface area contributed by atoms with E-state index in [1.54, 1.807) is 4.68 Å². The largest absolute Gasteiger partial charge is 0.476 e. The number of aryl methyl sites for hydroxylation is 2. The summed E-state index contributed by atoms with van der Waals surface area (Å²) in [7, 11) is 0. The summed E-state index contributed by atoms with van der Waals surface area (Å²) in [5.74, 6) is -1.03. The van der Waals surface area contributed by atoms with Crippen molar-refractivity contribution in [3.05, 3.63) is 45.2 Å². The van der Waals surface area contributed by atoms with Crippen molar-refractivity contribution < 1.29 is 9.90 Å². The molecule has 5 heteroatoms. The maximum absolute atomic E-state index is 11.4. The van der Waals surface area contributed by atoms with Crippen LogP contribution in [0.2, 0.25) is 0 Å². The van der Waals surface area contributed by atoms with E-state index in [2.05, 4.69) is 27.1 Å². The van der Waals surface area contributed by atoms with Crippen molar-refractivity contribution in [2.75, 3.05) is 0 Å². The lowest BCUT2D eigenvalue weighted by molar-refractivity contribution is 0.0689. The molecule has 0 saturated carbocycles. The highest BCUT2D eigenvalue weighted by Crippen LogP contribution is 2.34. The van der Waals surface area contributed by atoms with Gasteiger partial charge < -0.3 is 5.11 Å². The lowest BCUT2D eigenvalue weighted by atomic mass is 9.91. The Hall–Kier alpha value is -1.62. The monoisotopic (exact) mass is 350 g/mol. The van der Waals surface area contributed by atoms with Crippen molar-refractivity contribution >= 4 is 21.9 Å². The number of rotatable bonds is 2. The molecule has 1 aromatic heterocycles. The van der Waals surface area contributed by atoms with Crippen molar-refractivity contribution in [1.82, 2.24) is 9.78 Å². The molecule has 2 rings (SSSR count). The van der Waals surface area contributed by atoms with Gasteiger partial charge in [0.05, 0.1) is 15.9 Å². The van der Waals surface area contributed by atoms with E-state index in [1.165, 1.54) is 0 Å². The highest BCUT2D eigenvalue weighted by molar-refractivity contribution is 9.10. The van der Waals surface area contributed by atoms with E-state index in [0.717, 1.165) is 22.5 Å². The van der Waals surface area contributed by atoms with Gasteiger partial charge in [-0.25, -0.2) is 9.48 Å². The van der Waals surface area contributed by atoms with Crippen molar-refractivity contribution in [1.29, 1.82) is 0 Å². The molecule has 0 radical (unpaired) electrons. The van der Waals surface area contributed by atoms with Gasteiger partial charge in [-0.1, -0.05) is 26.8 Å². The quantitative estimate of drug-likeness (QED) is 0.880. The summed E-state index contributed by atoms with van der Waals surface area (Å²) in [6.45, 7) is 10.2. The maximum atomic E-state index is 11.4. The van der Waals surface area contributed by atoms with E-state index in [9.17, 15) is 9.90 Å². The fourth-order valence-corrected chi connectivity index (χ4v) is 3.45.